The lowest BCUT2D eigenvalue weighted by Crippen LogP contribution is -2.28. The van der Waals surface area contributed by atoms with Gasteiger partial charge < -0.3 is 5.11 Å². The number of carboxylic acid groups (broad SMARTS) is 1. The zero-order valence-electron chi connectivity index (χ0n) is 10.7. The smallest absolute Gasteiger partial charge is 0.340 e. The molecule has 0 aliphatic rings. The summed E-state index contributed by atoms with van der Waals surface area (Å²) >= 11 is 1.42. The van der Waals surface area contributed by atoms with Gasteiger partial charge in [0.2, 0.25) is 0 Å². The highest BCUT2D eigenvalue weighted by Crippen LogP contribution is 2.19. The van der Waals surface area contributed by atoms with Crippen LogP contribution in [0.3, 0.4) is 0 Å². The Morgan fingerprint density at radius 2 is 2.25 bits per heavy atom. The van der Waals surface area contributed by atoms with Crippen LogP contribution in [0.15, 0.2) is 16.6 Å². The minimum absolute atomic E-state index is 0.0603. The van der Waals surface area contributed by atoms with Crippen molar-refractivity contribution in [2.75, 3.05) is 7.05 Å². The first-order valence-electron chi connectivity index (χ1n) is 5.46. The number of hydrogen-bond donors (Lipinski definition) is 2. The van der Waals surface area contributed by atoms with Gasteiger partial charge in [0.05, 0.1) is 23.4 Å². The Morgan fingerprint density at radius 1 is 1.55 bits per heavy atom. The van der Waals surface area contributed by atoms with Gasteiger partial charge >= 0.3 is 5.97 Å². The van der Waals surface area contributed by atoms with Crippen molar-refractivity contribution >= 4 is 27.3 Å². The van der Waals surface area contributed by atoms with E-state index >= 15 is 0 Å². The van der Waals surface area contributed by atoms with Crippen LogP contribution in [-0.2, 0) is 16.6 Å². The monoisotopic (exact) mass is 316 g/mol. The van der Waals surface area contributed by atoms with Gasteiger partial charge in [-0.25, -0.2) is 18.2 Å². The number of nitrogens with zero attached hydrogens (tertiary/aromatic N) is 3. The summed E-state index contributed by atoms with van der Waals surface area (Å²) in [6.07, 6.45) is 0.968. The van der Waals surface area contributed by atoms with Crippen molar-refractivity contribution in [3.8, 4) is 0 Å². The zero-order valence-corrected chi connectivity index (χ0v) is 12.3. The number of carboxylic acids is 1. The standard InChI is InChI=1S/C10H12N4O4S2/c1-6-12-7(5-19-6)4-14(2)20(17,18)9-8(10(15)16)3-11-13-9/h3,5H,4H2,1-2H3,(H,11,13)(H,15,16). The molecule has 2 aromatic heterocycles. The number of aromatic carboxylic acids is 1. The third-order valence-corrected chi connectivity index (χ3v) is 5.15. The van der Waals surface area contributed by atoms with E-state index < -0.39 is 21.0 Å². The molecule has 8 nitrogen and oxygen atoms in total. The van der Waals surface area contributed by atoms with Crippen molar-refractivity contribution in [2.24, 2.45) is 0 Å². The molecule has 10 heteroatoms. The lowest BCUT2D eigenvalue weighted by molar-refractivity contribution is 0.0692. The predicted molar refractivity (Wildman–Crippen MR) is 71.1 cm³/mol. The quantitative estimate of drug-likeness (QED) is 0.838. The molecule has 2 heterocycles. The number of nitrogens with one attached hydrogen (secondary N) is 1. The highest BCUT2D eigenvalue weighted by atomic mass is 32.2. The zero-order chi connectivity index (χ0) is 14.9. The fourth-order valence-corrected chi connectivity index (χ4v) is 3.38. The van der Waals surface area contributed by atoms with Crippen LogP contribution >= 0.6 is 11.3 Å². The molecule has 0 unspecified atom stereocenters. The molecule has 0 fully saturated rings. The Labute approximate surface area is 119 Å². The molecule has 2 rings (SSSR count). The van der Waals surface area contributed by atoms with Crippen LogP contribution in [-0.4, -0.2) is 46.0 Å². The van der Waals surface area contributed by atoms with E-state index in [2.05, 4.69) is 15.2 Å². The summed E-state index contributed by atoms with van der Waals surface area (Å²) in [7, 11) is -2.60. The molecule has 0 atom stereocenters. The first kappa shape index (κ1) is 14.6. The fourth-order valence-electron chi connectivity index (χ4n) is 1.57. The van der Waals surface area contributed by atoms with Crippen LogP contribution in [0, 0.1) is 6.92 Å². The van der Waals surface area contributed by atoms with Gasteiger partial charge in [-0.2, -0.15) is 9.40 Å². The average molecular weight is 316 g/mol. The summed E-state index contributed by atoms with van der Waals surface area (Å²) < 4.78 is 25.6. The molecule has 108 valence electrons. The van der Waals surface area contributed by atoms with Gasteiger partial charge in [-0.1, -0.05) is 0 Å². The van der Waals surface area contributed by atoms with E-state index in [1.807, 2.05) is 6.92 Å². The molecule has 0 spiro atoms. The maximum atomic E-state index is 12.3. The molecule has 2 aromatic rings. The Bertz CT molecular complexity index is 734. The Kier molecular flexibility index (Phi) is 3.88. The number of carbonyl (C=O) groups is 1. The fraction of sp³-hybridized carbons (Fsp3) is 0.300. The minimum Gasteiger partial charge on any atom is -0.478 e. The van der Waals surface area contributed by atoms with E-state index in [0.717, 1.165) is 15.5 Å². The van der Waals surface area contributed by atoms with Crippen LogP contribution in [0.4, 0.5) is 0 Å². The molecule has 0 saturated carbocycles. The number of H-pyrrole nitrogens is 1. The van der Waals surface area contributed by atoms with E-state index in [1.165, 1.54) is 18.4 Å². The number of sulfonamides is 1. The number of aromatic nitrogens is 3. The average Bonchev–Trinajstić information content (AvgIpc) is 2.98. The summed E-state index contributed by atoms with van der Waals surface area (Å²) in [6, 6.07) is 0. The lowest BCUT2D eigenvalue weighted by Gasteiger charge is -2.15. The molecule has 0 aliphatic heterocycles. The summed E-state index contributed by atoms with van der Waals surface area (Å²) in [5.74, 6) is -1.35. The number of rotatable bonds is 5. The van der Waals surface area contributed by atoms with Crippen molar-refractivity contribution in [1.82, 2.24) is 19.5 Å². The van der Waals surface area contributed by atoms with Crippen molar-refractivity contribution in [3.63, 3.8) is 0 Å². The van der Waals surface area contributed by atoms with Crippen LogP contribution < -0.4 is 0 Å². The lowest BCUT2D eigenvalue weighted by atomic mass is 10.4. The highest BCUT2D eigenvalue weighted by molar-refractivity contribution is 7.89. The maximum Gasteiger partial charge on any atom is 0.340 e. The predicted octanol–water partition coefficient (Wildman–Crippen LogP) is 0.694. The molecular formula is C10H12N4O4S2. The second-order valence-corrected chi connectivity index (χ2v) is 7.08. The van der Waals surface area contributed by atoms with E-state index in [4.69, 9.17) is 5.11 Å². The normalized spacial score (nSPS) is 11.9. The van der Waals surface area contributed by atoms with E-state index in [-0.39, 0.29) is 12.1 Å². The van der Waals surface area contributed by atoms with Crippen LogP contribution in [0.1, 0.15) is 21.1 Å². The van der Waals surface area contributed by atoms with Crippen LogP contribution in [0.5, 0.6) is 0 Å². The second-order valence-electron chi connectivity index (χ2n) is 4.04. The second kappa shape index (κ2) is 5.31. The van der Waals surface area contributed by atoms with Crippen LogP contribution in [0.25, 0.3) is 0 Å². The summed E-state index contributed by atoms with van der Waals surface area (Å²) in [6.45, 7) is 1.88. The number of thiazole rings is 1. The Hall–Kier alpha value is -1.78. The summed E-state index contributed by atoms with van der Waals surface area (Å²) in [5.41, 5.74) is 0.223. The molecule has 0 amide bonds. The number of aromatic amines is 1. The maximum absolute atomic E-state index is 12.3. The van der Waals surface area contributed by atoms with Gasteiger partial charge in [-0.3, -0.25) is 5.10 Å². The number of hydrogen-bond acceptors (Lipinski definition) is 6. The van der Waals surface area contributed by atoms with E-state index in [9.17, 15) is 13.2 Å². The third kappa shape index (κ3) is 2.71. The molecule has 20 heavy (non-hydrogen) atoms. The Morgan fingerprint density at radius 3 is 2.80 bits per heavy atom. The van der Waals surface area contributed by atoms with Gasteiger partial charge in [0.1, 0.15) is 5.56 Å². The minimum atomic E-state index is -3.96. The van der Waals surface area contributed by atoms with Crippen molar-refractivity contribution < 1.29 is 18.3 Å². The number of aryl methyl sites for hydroxylation is 1. The Balaban J connectivity index is 2.30. The van der Waals surface area contributed by atoms with Gasteiger partial charge in [0.25, 0.3) is 10.0 Å². The van der Waals surface area contributed by atoms with Gasteiger partial charge in [0.15, 0.2) is 5.03 Å². The molecule has 0 aliphatic carbocycles. The summed E-state index contributed by atoms with van der Waals surface area (Å²) in [4.78, 5) is 15.1. The molecule has 2 N–H and O–H groups in total. The molecule has 0 saturated heterocycles. The third-order valence-electron chi connectivity index (χ3n) is 2.55. The largest absolute Gasteiger partial charge is 0.478 e. The van der Waals surface area contributed by atoms with Gasteiger partial charge in [-0.15, -0.1) is 11.3 Å². The van der Waals surface area contributed by atoms with E-state index in [1.54, 1.807) is 5.38 Å². The van der Waals surface area contributed by atoms with Crippen LogP contribution in [0.2, 0.25) is 0 Å². The molecule has 0 aromatic carbocycles. The van der Waals surface area contributed by atoms with E-state index in [0.29, 0.717) is 5.69 Å². The molecular weight excluding hydrogens is 304 g/mol. The van der Waals surface area contributed by atoms with Crippen molar-refractivity contribution in [1.29, 1.82) is 0 Å². The highest BCUT2D eigenvalue weighted by Gasteiger charge is 2.29. The topological polar surface area (TPSA) is 116 Å². The first-order chi connectivity index (χ1) is 9.32. The summed E-state index contributed by atoms with van der Waals surface area (Å²) in [5, 5.41) is 16.8. The SMILES string of the molecule is Cc1nc(CN(C)S(=O)(=O)c2[nH]ncc2C(=O)O)cs1. The molecule has 0 bridgehead atoms. The molecule has 0 radical (unpaired) electrons. The van der Waals surface area contributed by atoms with Gasteiger partial charge in [-0.05, 0) is 6.92 Å². The van der Waals surface area contributed by atoms with Gasteiger partial charge in [0, 0.05) is 12.4 Å². The van der Waals surface area contributed by atoms with Crippen molar-refractivity contribution in [2.45, 2.75) is 18.5 Å². The van der Waals surface area contributed by atoms with Crippen molar-refractivity contribution in [3.05, 3.63) is 27.8 Å². The first-order valence-corrected chi connectivity index (χ1v) is 7.78.